The van der Waals surface area contributed by atoms with Gasteiger partial charge in [-0.2, -0.15) is 23.3 Å². The smallest absolute Gasteiger partial charge is 0.438 e. The summed E-state index contributed by atoms with van der Waals surface area (Å²) in [4.78, 5) is 12.5. The van der Waals surface area contributed by atoms with Crippen LogP contribution in [0.2, 0.25) is 0 Å². The van der Waals surface area contributed by atoms with Crippen molar-refractivity contribution in [3.8, 4) is 5.75 Å². The molecule has 1 amide bonds. The van der Waals surface area contributed by atoms with E-state index >= 15 is 0 Å². The van der Waals surface area contributed by atoms with Gasteiger partial charge in [-0.25, -0.2) is 4.39 Å². The molecule has 3 rings (SSSR count). The highest BCUT2D eigenvalue weighted by Crippen LogP contribution is 2.42. The van der Waals surface area contributed by atoms with Crippen LogP contribution < -0.4 is 4.74 Å². The lowest BCUT2D eigenvalue weighted by molar-refractivity contribution is -0.297. The lowest BCUT2D eigenvalue weighted by Gasteiger charge is -2.32. The van der Waals surface area contributed by atoms with Crippen molar-refractivity contribution in [1.82, 2.24) is 5.01 Å². The van der Waals surface area contributed by atoms with Crippen LogP contribution in [0.1, 0.15) is 22.3 Å². The average Bonchev–Trinajstić information content (AvgIpc) is 3.01. The summed E-state index contributed by atoms with van der Waals surface area (Å²) in [5.41, 5.74) is -3.62. The van der Waals surface area contributed by atoms with E-state index < -0.39 is 30.0 Å². The standard InChI is InChI=1S/C18H14F4N2O3/c1-27-14-4-2-3-12(9-14)15-10-17(26,18(20,21)22)24(23-15)16(25)11-5-7-13(19)8-6-11/h2-9,26H,10H2,1H3/t17-/m0/s1. The number of halogens is 4. The molecule has 0 unspecified atom stereocenters. The maximum Gasteiger partial charge on any atom is 0.438 e. The highest BCUT2D eigenvalue weighted by Gasteiger charge is 2.63. The molecule has 0 spiro atoms. The zero-order valence-corrected chi connectivity index (χ0v) is 14.0. The van der Waals surface area contributed by atoms with Gasteiger partial charge in [-0.3, -0.25) is 4.79 Å². The molecule has 0 aliphatic carbocycles. The maximum absolute atomic E-state index is 13.6. The molecule has 1 N–H and O–H groups in total. The third-order valence-electron chi connectivity index (χ3n) is 4.13. The number of amides is 1. The Labute approximate surface area is 151 Å². The Bertz CT molecular complexity index is 896. The molecule has 0 radical (unpaired) electrons. The number of alkyl halides is 3. The molecule has 0 fully saturated rings. The lowest BCUT2D eigenvalue weighted by Crippen LogP contribution is -2.56. The van der Waals surface area contributed by atoms with Crippen molar-refractivity contribution in [1.29, 1.82) is 0 Å². The SMILES string of the molecule is COc1cccc(C2=NN(C(=O)c3ccc(F)cc3)[C@@](O)(C(F)(F)F)C2)c1. The summed E-state index contributed by atoms with van der Waals surface area (Å²) in [5.74, 6) is -1.47. The number of hydrazone groups is 1. The largest absolute Gasteiger partial charge is 0.497 e. The first-order chi connectivity index (χ1) is 12.7. The molecule has 9 heteroatoms. The number of methoxy groups -OCH3 is 1. The van der Waals surface area contributed by atoms with Gasteiger partial charge < -0.3 is 9.84 Å². The summed E-state index contributed by atoms with van der Waals surface area (Å²) in [6, 6.07) is 9.99. The summed E-state index contributed by atoms with van der Waals surface area (Å²) in [5, 5.41) is 14.0. The second kappa shape index (κ2) is 6.66. The second-order valence-corrected chi connectivity index (χ2v) is 5.89. The molecular weight excluding hydrogens is 368 g/mol. The molecule has 142 valence electrons. The number of benzene rings is 2. The van der Waals surface area contributed by atoms with E-state index in [-0.39, 0.29) is 21.8 Å². The van der Waals surface area contributed by atoms with Gasteiger partial charge in [-0.15, -0.1) is 0 Å². The summed E-state index contributed by atoms with van der Waals surface area (Å²) in [6.07, 6.45) is -6.11. The number of rotatable bonds is 3. The topological polar surface area (TPSA) is 62.1 Å². The van der Waals surface area contributed by atoms with Crippen molar-refractivity contribution in [3.63, 3.8) is 0 Å². The molecule has 0 saturated carbocycles. The fourth-order valence-electron chi connectivity index (χ4n) is 2.66. The summed E-state index contributed by atoms with van der Waals surface area (Å²) in [7, 11) is 1.39. The first kappa shape index (κ1) is 18.8. The van der Waals surface area contributed by atoms with Crippen molar-refractivity contribution >= 4 is 11.6 Å². The minimum absolute atomic E-state index is 0.00491. The Morgan fingerprint density at radius 1 is 1.22 bits per heavy atom. The molecule has 0 aromatic heterocycles. The predicted molar refractivity (Wildman–Crippen MR) is 87.7 cm³/mol. The van der Waals surface area contributed by atoms with Gasteiger partial charge in [-0.1, -0.05) is 12.1 Å². The molecule has 0 bridgehead atoms. The van der Waals surface area contributed by atoms with Crippen molar-refractivity contribution in [2.24, 2.45) is 5.10 Å². The van der Waals surface area contributed by atoms with Crippen LogP contribution >= 0.6 is 0 Å². The molecular formula is C18H14F4N2O3. The van der Waals surface area contributed by atoms with Crippen LogP contribution in [0.15, 0.2) is 53.6 Å². The first-order valence-electron chi connectivity index (χ1n) is 7.77. The van der Waals surface area contributed by atoms with E-state index in [1.165, 1.54) is 19.2 Å². The minimum Gasteiger partial charge on any atom is -0.497 e. The molecule has 1 atom stereocenters. The number of carbonyl (C=O) groups is 1. The molecule has 1 heterocycles. The highest BCUT2D eigenvalue weighted by molar-refractivity contribution is 6.05. The van der Waals surface area contributed by atoms with Crippen LogP contribution in [0.25, 0.3) is 0 Å². The second-order valence-electron chi connectivity index (χ2n) is 5.89. The maximum atomic E-state index is 13.6. The molecule has 2 aromatic carbocycles. The van der Waals surface area contributed by atoms with Gasteiger partial charge in [0.05, 0.1) is 19.2 Å². The number of hydrogen-bond donors (Lipinski definition) is 1. The van der Waals surface area contributed by atoms with Crippen LogP contribution in [0.3, 0.4) is 0 Å². The van der Waals surface area contributed by atoms with Crippen molar-refractivity contribution in [2.45, 2.75) is 18.3 Å². The molecule has 1 aliphatic rings. The lowest BCUT2D eigenvalue weighted by atomic mass is 10.0. The van der Waals surface area contributed by atoms with Crippen molar-refractivity contribution < 1.29 is 32.2 Å². The van der Waals surface area contributed by atoms with E-state index in [9.17, 15) is 27.5 Å². The average molecular weight is 382 g/mol. The zero-order chi connectivity index (χ0) is 19.8. The minimum atomic E-state index is -5.16. The molecule has 27 heavy (non-hydrogen) atoms. The number of aliphatic hydroxyl groups is 1. The zero-order valence-electron chi connectivity index (χ0n) is 14.0. The van der Waals surface area contributed by atoms with Gasteiger partial charge in [-0.05, 0) is 36.4 Å². The number of nitrogens with zero attached hydrogens (tertiary/aromatic N) is 2. The van der Waals surface area contributed by atoms with Crippen LogP contribution in [-0.2, 0) is 0 Å². The number of hydrogen-bond acceptors (Lipinski definition) is 4. The Balaban J connectivity index is 2.04. The van der Waals surface area contributed by atoms with Gasteiger partial charge >= 0.3 is 6.18 Å². The fraction of sp³-hybridized carbons (Fsp3) is 0.222. The monoisotopic (exact) mass is 382 g/mol. The Morgan fingerprint density at radius 2 is 1.89 bits per heavy atom. The van der Waals surface area contributed by atoms with E-state index in [0.717, 1.165) is 24.3 Å². The summed E-state index contributed by atoms with van der Waals surface area (Å²) >= 11 is 0. The number of carbonyl (C=O) groups excluding carboxylic acids is 1. The van der Waals surface area contributed by atoms with Gasteiger partial charge in [0.25, 0.3) is 11.6 Å². The molecule has 0 saturated heterocycles. The number of ether oxygens (including phenoxy) is 1. The first-order valence-corrected chi connectivity index (χ1v) is 7.77. The highest BCUT2D eigenvalue weighted by atomic mass is 19.4. The van der Waals surface area contributed by atoms with Gasteiger partial charge in [0.1, 0.15) is 11.6 Å². The fourth-order valence-corrected chi connectivity index (χ4v) is 2.66. The van der Waals surface area contributed by atoms with Crippen molar-refractivity contribution in [3.05, 3.63) is 65.5 Å². The third-order valence-corrected chi connectivity index (χ3v) is 4.13. The molecule has 1 aliphatic heterocycles. The Hall–Kier alpha value is -2.94. The molecule has 2 aromatic rings. The van der Waals surface area contributed by atoms with E-state index in [0.29, 0.717) is 5.75 Å². The third kappa shape index (κ3) is 3.37. The Morgan fingerprint density at radius 3 is 2.48 bits per heavy atom. The predicted octanol–water partition coefficient (Wildman–Crippen LogP) is 3.34. The van der Waals surface area contributed by atoms with Crippen LogP contribution in [0.4, 0.5) is 17.6 Å². The normalized spacial score (nSPS) is 19.8. The molecule has 5 nitrogen and oxygen atoms in total. The van der Waals surface area contributed by atoms with Gasteiger partial charge in [0, 0.05) is 11.1 Å². The quantitative estimate of drug-likeness (QED) is 0.829. The Kier molecular flexibility index (Phi) is 4.64. The van der Waals surface area contributed by atoms with Crippen LogP contribution in [0, 0.1) is 5.82 Å². The van der Waals surface area contributed by atoms with E-state index in [4.69, 9.17) is 4.74 Å². The van der Waals surface area contributed by atoms with E-state index in [1.807, 2.05) is 0 Å². The van der Waals surface area contributed by atoms with Gasteiger partial charge in [0.2, 0.25) is 0 Å². The summed E-state index contributed by atoms with van der Waals surface area (Å²) < 4.78 is 58.8. The van der Waals surface area contributed by atoms with Crippen molar-refractivity contribution in [2.75, 3.05) is 7.11 Å². The van der Waals surface area contributed by atoms with E-state index in [1.54, 1.807) is 12.1 Å². The van der Waals surface area contributed by atoms with Crippen LogP contribution in [-0.4, -0.2) is 40.7 Å². The summed E-state index contributed by atoms with van der Waals surface area (Å²) in [6.45, 7) is 0. The van der Waals surface area contributed by atoms with Gasteiger partial charge in [0.15, 0.2) is 0 Å². The van der Waals surface area contributed by atoms with E-state index in [2.05, 4.69) is 5.10 Å². The van der Waals surface area contributed by atoms with Crippen LogP contribution in [0.5, 0.6) is 5.75 Å².